The summed E-state index contributed by atoms with van der Waals surface area (Å²) in [6.07, 6.45) is 0.654. The molecule has 1 aromatic carbocycles. The fourth-order valence-corrected chi connectivity index (χ4v) is 5.26. The molecule has 1 saturated carbocycles. The predicted octanol–water partition coefficient (Wildman–Crippen LogP) is 3.68. The Hall–Kier alpha value is -3.54. The quantitative estimate of drug-likeness (QED) is 0.489. The summed E-state index contributed by atoms with van der Waals surface area (Å²) in [6.45, 7) is 3.76. The number of Topliss-reactive ketones (excluding diaryl/α,β-unsaturated/α-hetero) is 1. The third kappa shape index (κ3) is 7.53. The van der Waals surface area contributed by atoms with Crippen LogP contribution in [0, 0.1) is 6.92 Å². The summed E-state index contributed by atoms with van der Waals surface area (Å²) >= 11 is 0. The number of nitrogens with zero attached hydrogens (tertiary/aromatic N) is 3. The molecule has 1 aliphatic carbocycles. The van der Waals surface area contributed by atoms with Gasteiger partial charge in [-0.25, -0.2) is 4.79 Å². The van der Waals surface area contributed by atoms with Crippen molar-refractivity contribution in [3.05, 3.63) is 52.8 Å². The third-order valence-electron chi connectivity index (χ3n) is 7.35. The van der Waals surface area contributed by atoms with E-state index >= 15 is 0 Å². The van der Waals surface area contributed by atoms with Crippen molar-refractivity contribution >= 4 is 17.7 Å². The number of urea groups is 1. The van der Waals surface area contributed by atoms with E-state index in [-0.39, 0.29) is 48.0 Å². The molecule has 0 bridgehead atoms. The summed E-state index contributed by atoms with van der Waals surface area (Å²) in [5.74, 6) is -1.33. The Morgan fingerprint density at radius 1 is 1.05 bits per heavy atom. The Kier molecular flexibility index (Phi) is 8.83. The zero-order chi connectivity index (χ0) is 28.2. The second-order valence-electron chi connectivity index (χ2n) is 10.1. The van der Waals surface area contributed by atoms with Crippen LogP contribution in [-0.4, -0.2) is 77.2 Å². The number of rotatable bonds is 8. The van der Waals surface area contributed by atoms with Crippen LogP contribution in [0.4, 0.5) is 18.0 Å². The van der Waals surface area contributed by atoms with Crippen molar-refractivity contribution in [3.63, 3.8) is 0 Å². The van der Waals surface area contributed by atoms with Crippen LogP contribution >= 0.6 is 0 Å². The average Bonchev–Trinajstić information content (AvgIpc) is 3.20. The van der Waals surface area contributed by atoms with Gasteiger partial charge in [0.15, 0.2) is 5.78 Å². The van der Waals surface area contributed by atoms with Gasteiger partial charge in [0.2, 0.25) is 0 Å². The molecule has 2 fully saturated rings. The Labute approximate surface area is 225 Å². The lowest BCUT2D eigenvalue weighted by atomic mass is 9.96. The highest BCUT2D eigenvalue weighted by Gasteiger charge is 2.31. The summed E-state index contributed by atoms with van der Waals surface area (Å²) in [5, 5.41) is 3.12. The van der Waals surface area contributed by atoms with E-state index in [1.165, 1.54) is 30.7 Å². The number of nitrogens with one attached hydrogen (secondary N) is 1. The fraction of sp³-hybridized carbons (Fsp3) is 0.519. The molecule has 0 unspecified atom stereocenters. The topological polar surface area (TPSA) is 110 Å². The monoisotopic (exact) mass is 549 g/mol. The Balaban J connectivity index is 1.41. The lowest BCUT2D eigenvalue weighted by molar-refractivity contribution is -0.274. The minimum atomic E-state index is -4.83. The van der Waals surface area contributed by atoms with Crippen LogP contribution in [0.1, 0.15) is 64.2 Å². The molecule has 4 rings (SSSR count). The van der Waals surface area contributed by atoms with Crippen molar-refractivity contribution in [3.8, 4) is 5.75 Å². The molecular weight excluding hydrogens is 515 g/mol. The van der Waals surface area contributed by atoms with E-state index in [1.807, 2.05) is 4.90 Å². The molecule has 2 aromatic rings. The first kappa shape index (κ1) is 28.5. The first-order valence-electron chi connectivity index (χ1n) is 13.2. The highest BCUT2D eigenvalue weighted by Crippen LogP contribution is 2.25. The van der Waals surface area contributed by atoms with Crippen LogP contribution < -0.4 is 15.8 Å². The van der Waals surface area contributed by atoms with E-state index in [1.54, 1.807) is 22.5 Å². The number of amides is 3. The van der Waals surface area contributed by atoms with Crippen LogP contribution in [0.3, 0.4) is 0 Å². The molecule has 3 N–H and O–H groups in total. The first-order valence-corrected chi connectivity index (χ1v) is 13.2. The Morgan fingerprint density at radius 2 is 1.74 bits per heavy atom. The molecule has 9 nitrogen and oxygen atoms in total. The van der Waals surface area contributed by atoms with Crippen molar-refractivity contribution in [2.45, 2.75) is 58.0 Å². The smallest absolute Gasteiger partial charge is 0.406 e. The lowest BCUT2D eigenvalue weighted by Gasteiger charge is -2.35. The van der Waals surface area contributed by atoms with Gasteiger partial charge in [-0.15, -0.1) is 13.2 Å². The number of alkyl halides is 3. The average molecular weight is 550 g/mol. The Morgan fingerprint density at radius 3 is 2.38 bits per heavy atom. The number of primary amides is 1. The van der Waals surface area contributed by atoms with Crippen LogP contribution in [0.5, 0.6) is 5.75 Å². The number of hydrogen-bond donors (Lipinski definition) is 2. The highest BCUT2D eigenvalue weighted by molar-refractivity contribution is 6.01. The van der Waals surface area contributed by atoms with Crippen molar-refractivity contribution in [1.82, 2.24) is 19.7 Å². The molecule has 212 valence electrons. The molecular formula is C27H34F3N5O4. The number of carbonyl (C=O) groups excluding carboxylic acids is 3. The van der Waals surface area contributed by atoms with Crippen molar-refractivity contribution in [2.24, 2.45) is 5.73 Å². The summed E-state index contributed by atoms with van der Waals surface area (Å²) in [7, 11) is 0. The van der Waals surface area contributed by atoms with Crippen molar-refractivity contribution < 1.29 is 32.3 Å². The maximum atomic E-state index is 13.4. The number of carbonyl (C=O) groups is 3. The molecule has 2 heterocycles. The molecule has 3 amide bonds. The number of benzene rings is 1. The zero-order valence-electron chi connectivity index (χ0n) is 21.9. The van der Waals surface area contributed by atoms with Crippen LogP contribution in [0.15, 0.2) is 30.3 Å². The maximum absolute atomic E-state index is 13.4. The van der Waals surface area contributed by atoms with Gasteiger partial charge >= 0.3 is 12.4 Å². The third-order valence-corrected chi connectivity index (χ3v) is 7.35. The Bertz CT molecular complexity index is 1200. The number of ether oxygens (including phenoxy) is 1. The molecule has 0 radical (unpaired) electrons. The normalized spacial score (nSPS) is 17.2. The van der Waals surface area contributed by atoms with Crippen LogP contribution in [-0.2, 0) is 6.54 Å². The molecule has 1 aromatic heterocycles. The summed E-state index contributed by atoms with van der Waals surface area (Å²) in [5.41, 5.74) is 6.82. The van der Waals surface area contributed by atoms with Gasteiger partial charge in [-0.05, 0) is 43.5 Å². The molecule has 0 spiro atoms. The van der Waals surface area contributed by atoms with Gasteiger partial charge in [0.1, 0.15) is 5.75 Å². The fourth-order valence-electron chi connectivity index (χ4n) is 5.26. The van der Waals surface area contributed by atoms with Crippen LogP contribution in [0.2, 0.25) is 0 Å². The van der Waals surface area contributed by atoms with E-state index in [4.69, 9.17) is 5.73 Å². The van der Waals surface area contributed by atoms with E-state index < -0.39 is 12.3 Å². The maximum Gasteiger partial charge on any atom is 0.573 e. The number of hydrogen-bond acceptors (Lipinski definition) is 5. The highest BCUT2D eigenvalue weighted by atomic mass is 19.4. The predicted molar refractivity (Wildman–Crippen MR) is 138 cm³/mol. The van der Waals surface area contributed by atoms with E-state index in [9.17, 15) is 27.6 Å². The van der Waals surface area contributed by atoms with Gasteiger partial charge in [0.25, 0.3) is 5.91 Å². The summed E-state index contributed by atoms with van der Waals surface area (Å²) in [6, 6.07) is 7.05. The van der Waals surface area contributed by atoms with Gasteiger partial charge in [0, 0.05) is 44.5 Å². The standard InChI is InChI=1S/C27H34F3N5O4/c1-18-22(25(31)37)15-23(35(18)16-19-6-5-9-21(14-19)39-27(28,29)30)24(36)17-33-10-12-34(13-11-33)26(38)32-20-7-3-2-4-8-20/h5-6,9,14-15,20H,2-4,7-8,10-13,16-17H2,1H3,(H2,31,37)(H,32,38). The van der Waals surface area contributed by atoms with E-state index in [0.717, 1.165) is 25.7 Å². The van der Waals surface area contributed by atoms with Gasteiger partial charge in [-0.2, -0.15) is 0 Å². The number of nitrogens with two attached hydrogens (primary N) is 1. The van der Waals surface area contributed by atoms with Gasteiger partial charge < -0.3 is 25.3 Å². The lowest BCUT2D eigenvalue weighted by Crippen LogP contribution is -2.54. The van der Waals surface area contributed by atoms with E-state index in [0.29, 0.717) is 37.4 Å². The molecule has 1 aliphatic heterocycles. The second kappa shape index (κ2) is 12.1. The van der Waals surface area contributed by atoms with Gasteiger partial charge in [-0.1, -0.05) is 31.4 Å². The SMILES string of the molecule is Cc1c(C(N)=O)cc(C(=O)CN2CCN(C(=O)NC3CCCCC3)CC2)n1Cc1cccc(OC(F)(F)F)c1. The van der Waals surface area contributed by atoms with Gasteiger partial charge in [0.05, 0.1) is 17.8 Å². The minimum absolute atomic E-state index is 0.0460. The summed E-state index contributed by atoms with van der Waals surface area (Å²) in [4.78, 5) is 41.7. The molecule has 2 aliphatic rings. The number of halogens is 3. The van der Waals surface area contributed by atoms with Crippen LogP contribution in [0.25, 0.3) is 0 Å². The molecule has 12 heteroatoms. The van der Waals surface area contributed by atoms with E-state index in [2.05, 4.69) is 10.1 Å². The first-order chi connectivity index (χ1) is 18.5. The molecule has 0 atom stereocenters. The number of piperazine rings is 1. The minimum Gasteiger partial charge on any atom is -0.406 e. The van der Waals surface area contributed by atoms with Gasteiger partial charge in [-0.3, -0.25) is 14.5 Å². The molecule has 39 heavy (non-hydrogen) atoms. The zero-order valence-corrected chi connectivity index (χ0v) is 21.9. The number of aromatic nitrogens is 1. The second-order valence-corrected chi connectivity index (χ2v) is 10.1. The number of ketones is 1. The van der Waals surface area contributed by atoms with Crippen molar-refractivity contribution in [1.29, 1.82) is 0 Å². The molecule has 1 saturated heterocycles. The largest absolute Gasteiger partial charge is 0.573 e. The summed E-state index contributed by atoms with van der Waals surface area (Å²) < 4.78 is 43.6. The van der Waals surface area contributed by atoms with Crippen molar-refractivity contribution in [2.75, 3.05) is 32.7 Å².